The van der Waals surface area contributed by atoms with Crippen molar-refractivity contribution < 1.29 is 13.2 Å². The largest absolute Gasteiger partial charge is 0.402 e. The maximum atomic E-state index is 11.8. The number of hydrogen-bond donors (Lipinski definition) is 0. The van der Waals surface area contributed by atoms with Crippen LogP contribution in [-0.2, 0) is 0 Å². The summed E-state index contributed by atoms with van der Waals surface area (Å²) in [6.45, 7) is 1.48. The summed E-state index contributed by atoms with van der Waals surface area (Å²) in [5.41, 5.74) is 0. The summed E-state index contributed by atoms with van der Waals surface area (Å²) in [5.74, 6) is 0. The van der Waals surface area contributed by atoms with E-state index in [1.54, 1.807) is 6.92 Å². The van der Waals surface area contributed by atoms with Gasteiger partial charge in [0.2, 0.25) is 0 Å². The van der Waals surface area contributed by atoms with Crippen LogP contribution < -0.4 is 0 Å². The van der Waals surface area contributed by atoms with Crippen LogP contribution in [-0.4, -0.2) is 23.0 Å². The number of aliphatic imine (C=N–C) groups is 1. The van der Waals surface area contributed by atoms with Crippen molar-refractivity contribution in [1.82, 2.24) is 0 Å². The van der Waals surface area contributed by atoms with Gasteiger partial charge in [-0.3, -0.25) is 4.99 Å². The van der Waals surface area contributed by atoms with Crippen LogP contribution in [0.5, 0.6) is 0 Å². The maximum absolute atomic E-state index is 11.8. The van der Waals surface area contributed by atoms with Crippen molar-refractivity contribution in [3.05, 3.63) is 0 Å². The molecule has 0 aromatic rings. The van der Waals surface area contributed by atoms with E-state index < -0.39 is 11.4 Å². The molecule has 10 heavy (non-hydrogen) atoms. The molecule has 1 unspecified atom stereocenters. The number of thioether (sulfide) groups is 1. The molecule has 0 aliphatic carbocycles. The second-order valence-corrected chi connectivity index (χ2v) is 3.40. The third-order valence-electron chi connectivity index (χ3n) is 1.16. The van der Waals surface area contributed by atoms with E-state index in [4.69, 9.17) is 0 Å². The number of halogens is 3. The van der Waals surface area contributed by atoms with Crippen LogP contribution in [0.15, 0.2) is 4.99 Å². The fourth-order valence-electron chi connectivity index (χ4n) is 0.662. The Bertz CT molecular complexity index is 163. The van der Waals surface area contributed by atoms with Crippen LogP contribution >= 0.6 is 11.8 Å². The molecule has 1 heterocycles. The lowest BCUT2D eigenvalue weighted by atomic mass is 10.4. The molecule has 0 bridgehead atoms. The molecule has 0 aromatic heterocycles. The highest BCUT2D eigenvalue weighted by molar-refractivity contribution is 8.14. The lowest BCUT2D eigenvalue weighted by molar-refractivity contribution is -0.126. The van der Waals surface area contributed by atoms with Gasteiger partial charge in [0.05, 0.1) is 11.6 Å². The average Bonchev–Trinajstić information content (AvgIpc) is 2.11. The molecule has 1 rings (SSSR count). The van der Waals surface area contributed by atoms with Crippen LogP contribution in [0.25, 0.3) is 0 Å². The van der Waals surface area contributed by atoms with Gasteiger partial charge in [-0.25, -0.2) is 0 Å². The summed E-state index contributed by atoms with van der Waals surface area (Å²) in [6, 6.07) is 0. The molecular weight excluding hydrogens is 163 g/mol. The van der Waals surface area contributed by atoms with E-state index in [9.17, 15) is 13.2 Å². The fraction of sp³-hybridized carbons (Fsp3) is 0.800. The highest BCUT2D eigenvalue weighted by Crippen LogP contribution is 2.34. The Kier molecular flexibility index (Phi) is 1.94. The molecule has 0 aromatic carbocycles. The van der Waals surface area contributed by atoms with Crippen LogP contribution in [0.2, 0.25) is 0 Å². The molecule has 0 fully saturated rings. The van der Waals surface area contributed by atoms with Crippen molar-refractivity contribution in [3.63, 3.8) is 0 Å². The predicted molar refractivity (Wildman–Crippen MR) is 35.4 cm³/mol. The Morgan fingerprint density at radius 2 is 2.20 bits per heavy atom. The molecule has 0 spiro atoms. The van der Waals surface area contributed by atoms with E-state index in [1.807, 2.05) is 0 Å². The molecule has 0 saturated heterocycles. The molecule has 5 heteroatoms. The number of nitrogens with zero attached hydrogens (tertiary/aromatic N) is 1. The molecule has 0 amide bonds. The Morgan fingerprint density at radius 3 is 2.40 bits per heavy atom. The average molecular weight is 169 g/mol. The summed E-state index contributed by atoms with van der Waals surface area (Å²) in [6.07, 6.45) is -4.09. The van der Waals surface area contributed by atoms with Crippen LogP contribution in [0.1, 0.15) is 6.92 Å². The van der Waals surface area contributed by atoms with Gasteiger partial charge in [-0.1, -0.05) is 11.8 Å². The third-order valence-corrected chi connectivity index (χ3v) is 2.33. The van der Waals surface area contributed by atoms with Crippen molar-refractivity contribution in [2.45, 2.75) is 18.3 Å². The summed E-state index contributed by atoms with van der Waals surface area (Å²) >= 11 is 0.797. The van der Waals surface area contributed by atoms with Gasteiger partial charge in [-0.2, -0.15) is 13.2 Å². The van der Waals surface area contributed by atoms with Gasteiger partial charge < -0.3 is 0 Å². The van der Waals surface area contributed by atoms with Crippen LogP contribution in [0, 0.1) is 0 Å². The molecule has 0 N–H and O–H groups in total. The molecule has 0 radical (unpaired) electrons. The molecule has 1 aliphatic heterocycles. The first-order valence-corrected chi connectivity index (χ1v) is 3.62. The van der Waals surface area contributed by atoms with Gasteiger partial charge >= 0.3 is 6.18 Å². The maximum Gasteiger partial charge on any atom is 0.402 e. The highest BCUT2D eigenvalue weighted by Gasteiger charge is 2.42. The van der Waals surface area contributed by atoms with Gasteiger partial charge in [-0.05, 0) is 6.92 Å². The smallest absolute Gasteiger partial charge is 0.282 e. The van der Waals surface area contributed by atoms with Crippen molar-refractivity contribution in [3.8, 4) is 0 Å². The predicted octanol–water partition coefficient (Wildman–Crippen LogP) is 2.08. The van der Waals surface area contributed by atoms with E-state index in [-0.39, 0.29) is 6.54 Å². The zero-order chi connectivity index (χ0) is 7.78. The van der Waals surface area contributed by atoms with Crippen LogP contribution in [0.3, 0.4) is 0 Å². The molecule has 1 aliphatic rings. The van der Waals surface area contributed by atoms with E-state index in [2.05, 4.69) is 4.99 Å². The van der Waals surface area contributed by atoms with Gasteiger partial charge in [-0.15, -0.1) is 0 Å². The molecule has 58 valence electrons. The first-order valence-electron chi connectivity index (χ1n) is 2.74. The lowest BCUT2D eigenvalue weighted by Crippen LogP contribution is -2.26. The second-order valence-electron chi connectivity index (χ2n) is 2.01. The zero-order valence-electron chi connectivity index (χ0n) is 5.27. The normalized spacial score (nSPS) is 26.8. The quantitative estimate of drug-likeness (QED) is 0.540. The Hall–Kier alpha value is -0.190. The first-order chi connectivity index (χ1) is 4.50. The minimum atomic E-state index is -4.09. The SMILES string of the molecule is CC1=NCC(C(F)(F)F)S1. The van der Waals surface area contributed by atoms with Gasteiger partial charge in [0, 0.05) is 0 Å². The monoisotopic (exact) mass is 169 g/mol. The van der Waals surface area contributed by atoms with Gasteiger partial charge in [0.15, 0.2) is 0 Å². The molecule has 1 atom stereocenters. The topological polar surface area (TPSA) is 12.4 Å². The minimum absolute atomic E-state index is 0.111. The number of alkyl halides is 3. The van der Waals surface area contributed by atoms with Gasteiger partial charge in [0.25, 0.3) is 0 Å². The first kappa shape index (κ1) is 7.91. The molecule has 1 nitrogen and oxygen atoms in total. The van der Waals surface area contributed by atoms with Crippen molar-refractivity contribution in [1.29, 1.82) is 0 Å². The Morgan fingerprint density at radius 1 is 1.60 bits per heavy atom. The Labute approximate surface area is 60.7 Å². The van der Waals surface area contributed by atoms with Crippen molar-refractivity contribution in [2.75, 3.05) is 6.54 Å². The summed E-state index contributed by atoms with van der Waals surface area (Å²) in [7, 11) is 0. The second kappa shape index (κ2) is 2.45. The van der Waals surface area contributed by atoms with E-state index in [0.29, 0.717) is 5.04 Å². The Balaban J connectivity index is 2.50. The standard InChI is InChI=1S/C5H6F3NS/c1-3-9-2-4(10-3)5(6,7)8/h4H,2H2,1H3. The zero-order valence-corrected chi connectivity index (χ0v) is 6.09. The minimum Gasteiger partial charge on any atom is -0.282 e. The fourth-order valence-corrected chi connectivity index (χ4v) is 1.51. The van der Waals surface area contributed by atoms with Crippen molar-refractivity contribution >= 4 is 16.8 Å². The highest BCUT2D eigenvalue weighted by atomic mass is 32.2. The summed E-state index contributed by atoms with van der Waals surface area (Å²) in [5, 5.41) is -0.769. The third kappa shape index (κ3) is 1.65. The molecular formula is C5H6F3NS. The van der Waals surface area contributed by atoms with Crippen LogP contribution in [0.4, 0.5) is 13.2 Å². The summed E-state index contributed by atoms with van der Waals surface area (Å²) < 4.78 is 35.5. The van der Waals surface area contributed by atoms with Gasteiger partial charge in [0.1, 0.15) is 5.25 Å². The van der Waals surface area contributed by atoms with E-state index in [0.717, 1.165) is 11.8 Å². The van der Waals surface area contributed by atoms with E-state index >= 15 is 0 Å². The number of hydrogen-bond acceptors (Lipinski definition) is 2. The summed E-state index contributed by atoms with van der Waals surface area (Å²) in [4.78, 5) is 3.64. The number of rotatable bonds is 0. The van der Waals surface area contributed by atoms with E-state index in [1.165, 1.54) is 0 Å². The molecule has 0 saturated carbocycles. The lowest BCUT2D eigenvalue weighted by Gasteiger charge is -2.11. The van der Waals surface area contributed by atoms with Crippen molar-refractivity contribution in [2.24, 2.45) is 4.99 Å².